The van der Waals surface area contributed by atoms with Gasteiger partial charge in [0.25, 0.3) is 12.3 Å². The average Bonchev–Trinajstić information content (AvgIpc) is 2.25. The van der Waals surface area contributed by atoms with Crippen LogP contribution in [-0.4, -0.2) is 10.9 Å². The Morgan fingerprint density at radius 1 is 1.39 bits per heavy atom. The number of primary amides is 1. The zero-order chi connectivity index (χ0) is 14.1. The molecule has 0 unspecified atom stereocenters. The van der Waals surface area contributed by atoms with Crippen molar-refractivity contribution in [3.8, 4) is 0 Å². The van der Waals surface area contributed by atoms with Crippen molar-refractivity contribution in [3.05, 3.63) is 28.6 Å². The van der Waals surface area contributed by atoms with Crippen molar-refractivity contribution >= 4 is 5.91 Å². The number of rotatable bonds is 3. The van der Waals surface area contributed by atoms with Crippen LogP contribution in [0.5, 0.6) is 0 Å². The van der Waals surface area contributed by atoms with Gasteiger partial charge < -0.3 is 11.5 Å². The zero-order valence-corrected chi connectivity index (χ0v) is 8.76. The second-order valence-corrected chi connectivity index (χ2v) is 3.27. The van der Waals surface area contributed by atoms with Gasteiger partial charge in [-0.25, -0.2) is 8.78 Å². The van der Waals surface area contributed by atoms with Crippen LogP contribution in [0.25, 0.3) is 0 Å². The van der Waals surface area contributed by atoms with E-state index in [0.717, 1.165) is 0 Å². The molecule has 1 amide bonds. The Kier molecular flexibility index (Phi) is 3.85. The van der Waals surface area contributed by atoms with Gasteiger partial charge in [-0.1, -0.05) is 0 Å². The maximum atomic E-state index is 12.7. The molecule has 1 rings (SSSR count). The number of hydrogen-bond acceptors (Lipinski definition) is 3. The molecule has 100 valence electrons. The number of nitrogens with two attached hydrogens (primary N) is 2. The molecule has 0 fully saturated rings. The Bertz CT molecular complexity index is 472. The smallest absolute Gasteiger partial charge is 0.366 e. The molecule has 0 aliphatic carbocycles. The van der Waals surface area contributed by atoms with E-state index in [1.54, 1.807) is 0 Å². The second-order valence-electron chi connectivity index (χ2n) is 3.27. The summed E-state index contributed by atoms with van der Waals surface area (Å²) < 4.78 is 63.0. The van der Waals surface area contributed by atoms with E-state index in [1.165, 1.54) is 0 Å². The molecule has 0 atom stereocenters. The third kappa shape index (κ3) is 2.55. The highest BCUT2D eigenvalue weighted by Crippen LogP contribution is 2.38. The maximum Gasteiger partial charge on any atom is 0.418 e. The summed E-state index contributed by atoms with van der Waals surface area (Å²) in [6, 6.07) is 0. The summed E-state index contributed by atoms with van der Waals surface area (Å²) in [7, 11) is 0. The van der Waals surface area contributed by atoms with Gasteiger partial charge in [-0.2, -0.15) is 13.2 Å². The highest BCUT2D eigenvalue weighted by Gasteiger charge is 2.39. The van der Waals surface area contributed by atoms with E-state index in [0.29, 0.717) is 0 Å². The Morgan fingerprint density at radius 2 is 1.94 bits per heavy atom. The summed E-state index contributed by atoms with van der Waals surface area (Å²) in [6.07, 6.45) is -8.36. The molecule has 4 N–H and O–H groups in total. The summed E-state index contributed by atoms with van der Waals surface area (Å²) in [5.74, 6) is -1.43. The zero-order valence-electron chi connectivity index (χ0n) is 8.76. The molecule has 9 heteroatoms. The molecular formula is C9H8F5N3O. The summed E-state index contributed by atoms with van der Waals surface area (Å²) in [5, 5.41) is 0. The van der Waals surface area contributed by atoms with Gasteiger partial charge >= 0.3 is 6.18 Å². The fraction of sp³-hybridized carbons (Fsp3) is 0.333. The molecule has 1 aromatic heterocycles. The maximum absolute atomic E-state index is 12.7. The van der Waals surface area contributed by atoms with Gasteiger partial charge in [0.1, 0.15) is 0 Å². The number of hydrogen-bond donors (Lipinski definition) is 2. The van der Waals surface area contributed by atoms with Gasteiger partial charge in [0.05, 0.1) is 16.8 Å². The van der Waals surface area contributed by atoms with Gasteiger partial charge in [-0.15, -0.1) is 0 Å². The van der Waals surface area contributed by atoms with Crippen LogP contribution >= 0.6 is 0 Å². The highest BCUT2D eigenvalue weighted by molar-refractivity contribution is 5.96. The molecule has 0 radical (unpaired) electrons. The van der Waals surface area contributed by atoms with E-state index in [9.17, 15) is 26.7 Å². The first-order chi connectivity index (χ1) is 8.20. The number of halogens is 5. The number of alkyl halides is 5. The monoisotopic (exact) mass is 269 g/mol. The van der Waals surface area contributed by atoms with E-state index < -0.39 is 47.4 Å². The number of carbonyl (C=O) groups excluding carboxylic acids is 1. The van der Waals surface area contributed by atoms with E-state index >= 15 is 0 Å². The Labute approximate surface area is 97.8 Å². The quantitative estimate of drug-likeness (QED) is 0.817. The van der Waals surface area contributed by atoms with Crippen LogP contribution in [0.1, 0.15) is 33.6 Å². The molecule has 1 heterocycles. The lowest BCUT2D eigenvalue weighted by atomic mass is 10.00. The first-order valence-electron chi connectivity index (χ1n) is 4.57. The first-order valence-corrected chi connectivity index (χ1v) is 4.57. The van der Waals surface area contributed by atoms with Gasteiger partial charge in [-0.05, 0) is 0 Å². The molecule has 0 saturated heterocycles. The minimum atomic E-state index is -5.06. The SMILES string of the molecule is NCc1ncc(C(F)(F)F)c(C(F)F)c1C(N)=O. The van der Waals surface area contributed by atoms with Crippen molar-refractivity contribution in [2.75, 3.05) is 0 Å². The van der Waals surface area contributed by atoms with E-state index in [-0.39, 0.29) is 6.20 Å². The number of aromatic nitrogens is 1. The van der Waals surface area contributed by atoms with Crippen LogP contribution in [0.15, 0.2) is 6.20 Å². The summed E-state index contributed by atoms with van der Waals surface area (Å²) in [5.41, 5.74) is 5.39. The van der Waals surface area contributed by atoms with E-state index in [4.69, 9.17) is 11.5 Å². The number of nitrogens with zero attached hydrogens (tertiary/aromatic N) is 1. The van der Waals surface area contributed by atoms with Crippen LogP contribution in [0.2, 0.25) is 0 Å². The van der Waals surface area contributed by atoms with Crippen molar-refractivity contribution in [1.29, 1.82) is 0 Å². The molecule has 18 heavy (non-hydrogen) atoms. The summed E-state index contributed by atoms with van der Waals surface area (Å²) >= 11 is 0. The van der Waals surface area contributed by atoms with Gasteiger partial charge in [-0.3, -0.25) is 9.78 Å². The third-order valence-electron chi connectivity index (χ3n) is 2.16. The Morgan fingerprint density at radius 3 is 2.28 bits per heavy atom. The Balaban J connectivity index is 3.68. The molecular weight excluding hydrogens is 261 g/mol. The second kappa shape index (κ2) is 4.84. The first kappa shape index (κ1) is 14.3. The lowest BCUT2D eigenvalue weighted by molar-refractivity contribution is -0.139. The molecule has 1 aromatic rings. The summed E-state index contributed by atoms with van der Waals surface area (Å²) in [6.45, 7) is -0.476. The van der Waals surface area contributed by atoms with Crippen LogP contribution in [0, 0.1) is 0 Å². The predicted octanol–water partition coefficient (Wildman–Crippen LogP) is 1.60. The lowest BCUT2D eigenvalue weighted by Crippen LogP contribution is -2.23. The van der Waals surface area contributed by atoms with Crippen molar-refractivity contribution in [1.82, 2.24) is 4.98 Å². The number of amides is 1. The van der Waals surface area contributed by atoms with Crippen molar-refractivity contribution < 1.29 is 26.7 Å². The third-order valence-corrected chi connectivity index (χ3v) is 2.16. The molecule has 0 spiro atoms. The van der Waals surface area contributed by atoms with Crippen LogP contribution in [0.4, 0.5) is 22.0 Å². The number of carbonyl (C=O) groups is 1. The lowest BCUT2D eigenvalue weighted by Gasteiger charge is -2.16. The highest BCUT2D eigenvalue weighted by atomic mass is 19.4. The Hall–Kier alpha value is -1.77. The normalized spacial score (nSPS) is 11.9. The van der Waals surface area contributed by atoms with Crippen molar-refractivity contribution in [2.24, 2.45) is 11.5 Å². The standard InChI is InChI=1S/C9H8F5N3O/c10-7(11)5-3(9(12,13)14)2-17-4(1-15)6(5)8(16)18/h2,7H,1,15H2,(H2,16,18). The topological polar surface area (TPSA) is 82.0 Å². The minimum Gasteiger partial charge on any atom is -0.366 e. The largest absolute Gasteiger partial charge is 0.418 e. The molecule has 0 aromatic carbocycles. The number of pyridine rings is 1. The van der Waals surface area contributed by atoms with Gasteiger partial charge in [0.15, 0.2) is 0 Å². The summed E-state index contributed by atoms with van der Waals surface area (Å²) in [4.78, 5) is 14.3. The van der Waals surface area contributed by atoms with Gasteiger partial charge in [0, 0.05) is 18.3 Å². The van der Waals surface area contributed by atoms with E-state index in [1.807, 2.05) is 0 Å². The molecule has 0 bridgehead atoms. The average molecular weight is 269 g/mol. The van der Waals surface area contributed by atoms with Crippen LogP contribution in [-0.2, 0) is 12.7 Å². The predicted molar refractivity (Wildman–Crippen MR) is 50.6 cm³/mol. The fourth-order valence-corrected chi connectivity index (χ4v) is 1.45. The van der Waals surface area contributed by atoms with Crippen LogP contribution < -0.4 is 11.5 Å². The molecule has 0 aliphatic heterocycles. The molecule has 0 aliphatic rings. The fourth-order valence-electron chi connectivity index (χ4n) is 1.45. The van der Waals surface area contributed by atoms with E-state index in [2.05, 4.69) is 4.98 Å². The van der Waals surface area contributed by atoms with Gasteiger partial charge in [0.2, 0.25) is 0 Å². The van der Waals surface area contributed by atoms with Crippen molar-refractivity contribution in [2.45, 2.75) is 19.1 Å². The van der Waals surface area contributed by atoms with Crippen molar-refractivity contribution in [3.63, 3.8) is 0 Å². The molecule has 0 saturated carbocycles. The molecule has 4 nitrogen and oxygen atoms in total. The van der Waals surface area contributed by atoms with Crippen LogP contribution in [0.3, 0.4) is 0 Å². The minimum absolute atomic E-state index is 0.218.